The number of nitrogens with one attached hydrogen (secondary N) is 2. The minimum atomic E-state index is -0.961. The van der Waals surface area contributed by atoms with Crippen molar-refractivity contribution in [1.29, 1.82) is 0 Å². The molecule has 0 heterocycles. The topological polar surface area (TPSA) is 93.7 Å². The molecule has 9 heteroatoms. The molecule has 2 N–H and O–H groups in total. The van der Waals surface area contributed by atoms with E-state index in [1.54, 1.807) is 24.3 Å². The third-order valence-corrected chi connectivity index (χ3v) is 4.08. The number of carbonyl (C=O) groups is 3. The van der Waals surface area contributed by atoms with Gasteiger partial charge in [-0.2, -0.15) is 0 Å². The zero-order valence-corrected chi connectivity index (χ0v) is 16.6. The standard InChI is InChI=1S/C23H18F2N2O5/c24-18-7-4-8-19(25)22(18)27-20(28)14-31-21(29)13-26-23(30)15-9-11-17(12-10-15)32-16-5-2-1-3-6-16/h1-12H,13-14H2,(H,26,30)(H,27,28). The number of halogens is 2. The van der Waals surface area contributed by atoms with Crippen LogP contribution in [0.3, 0.4) is 0 Å². The molecule has 0 unspecified atom stereocenters. The molecule has 3 aromatic rings. The summed E-state index contributed by atoms with van der Waals surface area (Å²) in [7, 11) is 0. The van der Waals surface area contributed by atoms with E-state index in [1.165, 1.54) is 12.1 Å². The van der Waals surface area contributed by atoms with E-state index in [1.807, 2.05) is 23.5 Å². The molecule has 2 amide bonds. The Morgan fingerprint density at radius 1 is 0.781 bits per heavy atom. The van der Waals surface area contributed by atoms with Gasteiger partial charge < -0.3 is 20.1 Å². The molecule has 0 fully saturated rings. The monoisotopic (exact) mass is 440 g/mol. The fourth-order valence-corrected chi connectivity index (χ4v) is 2.54. The van der Waals surface area contributed by atoms with Crippen molar-refractivity contribution >= 4 is 23.5 Å². The van der Waals surface area contributed by atoms with Gasteiger partial charge in [-0.15, -0.1) is 0 Å². The van der Waals surface area contributed by atoms with Gasteiger partial charge in [0.05, 0.1) is 0 Å². The number of anilines is 1. The van der Waals surface area contributed by atoms with Gasteiger partial charge in [0.1, 0.15) is 35.4 Å². The lowest BCUT2D eigenvalue weighted by atomic mass is 10.2. The van der Waals surface area contributed by atoms with Crippen LogP contribution in [0.1, 0.15) is 10.4 Å². The van der Waals surface area contributed by atoms with Crippen molar-refractivity contribution in [3.63, 3.8) is 0 Å². The molecule has 3 rings (SSSR count). The highest BCUT2D eigenvalue weighted by atomic mass is 19.1. The average Bonchev–Trinajstić information content (AvgIpc) is 2.80. The van der Waals surface area contributed by atoms with Crippen molar-refractivity contribution < 1.29 is 32.6 Å². The summed E-state index contributed by atoms with van der Waals surface area (Å²) in [6.07, 6.45) is 0. The molecule has 3 aromatic carbocycles. The van der Waals surface area contributed by atoms with E-state index in [-0.39, 0.29) is 5.56 Å². The van der Waals surface area contributed by atoms with E-state index in [9.17, 15) is 23.2 Å². The third-order valence-electron chi connectivity index (χ3n) is 4.08. The highest BCUT2D eigenvalue weighted by Gasteiger charge is 2.14. The van der Waals surface area contributed by atoms with Crippen molar-refractivity contribution in [2.75, 3.05) is 18.5 Å². The number of amides is 2. The lowest BCUT2D eigenvalue weighted by molar-refractivity contribution is -0.146. The summed E-state index contributed by atoms with van der Waals surface area (Å²) >= 11 is 0. The summed E-state index contributed by atoms with van der Waals surface area (Å²) in [5.74, 6) is -3.10. The maximum absolute atomic E-state index is 13.5. The largest absolute Gasteiger partial charge is 0.457 e. The molecule has 32 heavy (non-hydrogen) atoms. The Morgan fingerprint density at radius 3 is 2.06 bits per heavy atom. The van der Waals surface area contributed by atoms with Crippen molar-refractivity contribution in [2.45, 2.75) is 0 Å². The second-order valence-electron chi connectivity index (χ2n) is 6.43. The van der Waals surface area contributed by atoms with Gasteiger partial charge in [-0.25, -0.2) is 8.78 Å². The Balaban J connectivity index is 1.42. The van der Waals surface area contributed by atoms with E-state index in [4.69, 9.17) is 9.47 Å². The van der Waals surface area contributed by atoms with Crippen LogP contribution in [0.15, 0.2) is 72.8 Å². The first-order chi connectivity index (χ1) is 15.4. The second-order valence-corrected chi connectivity index (χ2v) is 6.43. The van der Waals surface area contributed by atoms with Gasteiger partial charge >= 0.3 is 5.97 Å². The first kappa shape index (κ1) is 22.4. The third kappa shape index (κ3) is 6.36. The summed E-state index contributed by atoms with van der Waals surface area (Å²) in [4.78, 5) is 35.6. The number of hydrogen-bond acceptors (Lipinski definition) is 5. The predicted molar refractivity (Wildman–Crippen MR) is 111 cm³/mol. The molecule has 0 spiro atoms. The van der Waals surface area contributed by atoms with Gasteiger partial charge in [0.2, 0.25) is 0 Å². The van der Waals surface area contributed by atoms with Crippen LogP contribution in [-0.2, 0) is 14.3 Å². The van der Waals surface area contributed by atoms with Gasteiger partial charge in [0.25, 0.3) is 11.8 Å². The number of carbonyl (C=O) groups excluding carboxylic acids is 3. The van der Waals surface area contributed by atoms with Crippen molar-refractivity contribution in [1.82, 2.24) is 5.32 Å². The van der Waals surface area contributed by atoms with Gasteiger partial charge in [-0.3, -0.25) is 14.4 Å². The molecule has 0 radical (unpaired) electrons. The molecule has 0 aliphatic rings. The summed E-state index contributed by atoms with van der Waals surface area (Å²) in [6.45, 7) is -1.27. The number of rotatable bonds is 8. The van der Waals surface area contributed by atoms with Crippen molar-refractivity contribution in [3.8, 4) is 11.5 Å². The molecular formula is C23H18F2N2O5. The summed E-state index contributed by atoms with van der Waals surface area (Å²) < 4.78 is 37.3. The molecule has 0 atom stereocenters. The summed E-state index contributed by atoms with van der Waals surface area (Å²) in [6, 6.07) is 18.5. The molecular weight excluding hydrogens is 422 g/mol. The molecule has 0 aromatic heterocycles. The molecule has 0 saturated carbocycles. The van der Waals surface area contributed by atoms with Gasteiger partial charge in [-0.1, -0.05) is 24.3 Å². The summed E-state index contributed by atoms with van der Waals surface area (Å²) in [5, 5.41) is 4.34. The second kappa shape index (κ2) is 10.7. The fourth-order valence-electron chi connectivity index (χ4n) is 2.54. The Bertz CT molecular complexity index is 1080. The fraction of sp³-hybridized carbons (Fsp3) is 0.0870. The zero-order valence-electron chi connectivity index (χ0n) is 16.6. The predicted octanol–water partition coefficient (Wildman–Crippen LogP) is 3.67. The minimum absolute atomic E-state index is 0.283. The molecule has 0 aliphatic carbocycles. The molecule has 0 aliphatic heterocycles. The Kier molecular flexibility index (Phi) is 7.47. The lowest BCUT2D eigenvalue weighted by Crippen LogP contribution is -2.32. The van der Waals surface area contributed by atoms with Gasteiger partial charge in [0.15, 0.2) is 6.61 Å². The highest BCUT2D eigenvalue weighted by Crippen LogP contribution is 2.21. The number of hydrogen-bond donors (Lipinski definition) is 2. The quantitative estimate of drug-likeness (QED) is 0.522. The van der Waals surface area contributed by atoms with E-state index < -0.39 is 48.3 Å². The number of esters is 1. The SMILES string of the molecule is O=C(COC(=O)CNC(=O)c1ccc(Oc2ccccc2)cc1)Nc1c(F)cccc1F. The smallest absolute Gasteiger partial charge is 0.325 e. The van der Waals surface area contributed by atoms with Crippen LogP contribution in [0.5, 0.6) is 11.5 Å². The molecule has 0 bridgehead atoms. The van der Waals surface area contributed by atoms with E-state index >= 15 is 0 Å². The molecule has 7 nitrogen and oxygen atoms in total. The summed E-state index contributed by atoms with van der Waals surface area (Å²) in [5.41, 5.74) is -0.354. The van der Waals surface area contributed by atoms with Crippen molar-refractivity contribution in [2.24, 2.45) is 0 Å². The number of ether oxygens (including phenoxy) is 2. The Labute approximate surface area is 182 Å². The van der Waals surface area contributed by atoms with Crippen LogP contribution in [0, 0.1) is 11.6 Å². The van der Waals surface area contributed by atoms with Crippen LogP contribution >= 0.6 is 0 Å². The highest BCUT2D eigenvalue weighted by molar-refractivity contribution is 5.96. The maximum Gasteiger partial charge on any atom is 0.325 e. The first-order valence-electron chi connectivity index (χ1n) is 9.43. The first-order valence-corrected chi connectivity index (χ1v) is 9.43. The van der Waals surface area contributed by atoms with E-state index in [0.29, 0.717) is 11.5 Å². The van der Waals surface area contributed by atoms with E-state index in [0.717, 1.165) is 18.2 Å². The van der Waals surface area contributed by atoms with Crippen LogP contribution in [0.2, 0.25) is 0 Å². The van der Waals surface area contributed by atoms with Crippen LogP contribution in [0.4, 0.5) is 14.5 Å². The molecule has 0 saturated heterocycles. The minimum Gasteiger partial charge on any atom is -0.457 e. The van der Waals surface area contributed by atoms with E-state index in [2.05, 4.69) is 5.32 Å². The van der Waals surface area contributed by atoms with Crippen molar-refractivity contribution in [3.05, 3.63) is 90.0 Å². The Morgan fingerprint density at radius 2 is 1.41 bits per heavy atom. The number of para-hydroxylation sites is 2. The van der Waals surface area contributed by atoms with Crippen LogP contribution in [-0.4, -0.2) is 30.9 Å². The van der Waals surface area contributed by atoms with Crippen LogP contribution in [0.25, 0.3) is 0 Å². The molecule has 164 valence electrons. The Hall–Kier alpha value is -4.27. The normalized spacial score (nSPS) is 10.2. The van der Waals surface area contributed by atoms with Gasteiger partial charge in [-0.05, 0) is 48.5 Å². The lowest BCUT2D eigenvalue weighted by Gasteiger charge is -2.09. The van der Waals surface area contributed by atoms with Gasteiger partial charge in [0, 0.05) is 5.56 Å². The average molecular weight is 440 g/mol. The van der Waals surface area contributed by atoms with Crippen LogP contribution < -0.4 is 15.4 Å². The number of benzene rings is 3. The maximum atomic E-state index is 13.5. The zero-order chi connectivity index (χ0) is 22.9.